The van der Waals surface area contributed by atoms with Crippen LogP contribution in [0.4, 0.5) is 0 Å². The van der Waals surface area contributed by atoms with Crippen LogP contribution in [-0.4, -0.2) is 60.9 Å². The maximum atomic E-state index is 13.2. The third-order valence-corrected chi connectivity index (χ3v) is 6.58. The quantitative estimate of drug-likeness (QED) is 0.710. The van der Waals surface area contributed by atoms with Gasteiger partial charge in [0.25, 0.3) is 0 Å². The number of sulfonamides is 1. The minimum absolute atomic E-state index is 0.102. The van der Waals surface area contributed by atoms with Gasteiger partial charge >= 0.3 is 0 Å². The summed E-state index contributed by atoms with van der Waals surface area (Å²) in [6, 6.07) is 11.3. The van der Waals surface area contributed by atoms with Crippen molar-refractivity contribution in [2.45, 2.75) is 32.4 Å². The second-order valence-electron chi connectivity index (χ2n) is 7.85. The molecule has 0 bridgehead atoms. The smallest absolute Gasteiger partial charge is 0.247 e. The number of piperazine rings is 1. The lowest BCUT2D eigenvalue weighted by Crippen LogP contribution is -2.69. The molecule has 0 radical (unpaired) electrons. The molecule has 2 amide bonds. The molecule has 8 nitrogen and oxygen atoms in total. The summed E-state index contributed by atoms with van der Waals surface area (Å²) in [4.78, 5) is 27.5. The average molecular weight is 434 g/mol. The molecule has 0 saturated carbocycles. The van der Waals surface area contributed by atoms with Crippen molar-refractivity contribution in [2.75, 3.05) is 25.9 Å². The van der Waals surface area contributed by atoms with E-state index in [2.05, 4.69) is 5.32 Å². The molecule has 0 unspecified atom stereocenters. The zero-order chi connectivity index (χ0) is 21.9. The summed E-state index contributed by atoms with van der Waals surface area (Å²) < 4.78 is 30.6. The second kappa shape index (κ2) is 8.61. The topological polar surface area (TPSA) is 99.9 Å². The largest absolute Gasteiger partial charge is 0.469 e. The van der Waals surface area contributed by atoms with Crippen LogP contribution in [0.3, 0.4) is 0 Å². The van der Waals surface area contributed by atoms with Crippen LogP contribution < -0.4 is 5.32 Å². The molecule has 1 fully saturated rings. The highest BCUT2D eigenvalue weighted by molar-refractivity contribution is 7.88. The molecule has 9 heteroatoms. The van der Waals surface area contributed by atoms with E-state index in [1.165, 1.54) is 4.90 Å². The zero-order valence-corrected chi connectivity index (χ0v) is 18.2. The molecule has 1 aliphatic rings. The Balaban J connectivity index is 1.80. The maximum absolute atomic E-state index is 13.2. The fourth-order valence-corrected chi connectivity index (χ4v) is 4.38. The zero-order valence-electron chi connectivity index (χ0n) is 17.4. The maximum Gasteiger partial charge on any atom is 0.247 e. The summed E-state index contributed by atoms with van der Waals surface area (Å²) in [5.74, 6) is -0.119. The van der Waals surface area contributed by atoms with Gasteiger partial charge in [0.15, 0.2) is 0 Å². The molecular weight excluding hydrogens is 406 g/mol. The molecule has 1 atom stereocenters. The Morgan fingerprint density at radius 3 is 2.53 bits per heavy atom. The van der Waals surface area contributed by atoms with Gasteiger partial charge in [0.05, 0.1) is 19.1 Å². The summed E-state index contributed by atoms with van der Waals surface area (Å²) in [5.41, 5.74) is 0.694. The predicted molar refractivity (Wildman–Crippen MR) is 112 cm³/mol. The Bertz CT molecular complexity index is 1000. The fraction of sp³-hybridized carbons (Fsp3) is 0.429. The molecular formula is C21H27N3O5S. The number of benzene rings is 1. The molecule has 3 rings (SSSR count). The van der Waals surface area contributed by atoms with Crippen LogP contribution in [0, 0.1) is 6.92 Å². The Labute approximate surface area is 176 Å². The third-order valence-electron chi connectivity index (χ3n) is 5.39. The molecule has 1 saturated heterocycles. The summed E-state index contributed by atoms with van der Waals surface area (Å²) in [5, 5.41) is 2.87. The van der Waals surface area contributed by atoms with Gasteiger partial charge in [-0.3, -0.25) is 9.59 Å². The van der Waals surface area contributed by atoms with Gasteiger partial charge in [-0.1, -0.05) is 29.8 Å². The fourth-order valence-electron chi connectivity index (χ4n) is 3.55. The van der Waals surface area contributed by atoms with Crippen molar-refractivity contribution in [2.24, 2.45) is 0 Å². The number of carbonyl (C=O) groups excluding carboxylic acids is 2. The Morgan fingerprint density at radius 1 is 1.23 bits per heavy atom. The summed E-state index contributed by atoms with van der Waals surface area (Å²) >= 11 is 0. The van der Waals surface area contributed by atoms with Gasteiger partial charge in [-0.15, -0.1) is 0 Å². The monoisotopic (exact) mass is 433 g/mol. The first-order valence-corrected chi connectivity index (χ1v) is 11.6. The molecule has 30 heavy (non-hydrogen) atoms. The summed E-state index contributed by atoms with van der Waals surface area (Å²) in [7, 11) is -3.63. The molecule has 2 heterocycles. The highest BCUT2D eigenvalue weighted by atomic mass is 32.2. The minimum atomic E-state index is -3.63. The predicted octanol–water partition coefficient (Wildman–Crippen LogP) is 1.31. The molecule has 1 aromatic carbocycles. The third kappa shape index (κ3) is 4.91. The number of nitrogens with zero attached hydrogens (tertiary/aromatic N) is 2. The van der Waals surface area contributed by atoms with E-state index in [0.717, 1.165) is 21.7 Å². The van der Waals surface area contributed by atoms with Crippen molar-refractivity contribution in [1.29, 1.82) is 0 Å². The molecule has 0 spiro atoms. The van der Waals surface area contributed by atoms with Crippen molar-refractivity contribution in [3.8, 4) is 0 Å². The average Bonchev–Trinajstić information content (AvgIpc) is 3.19. The van der Waals surface area contributed by atoms with Crippen molar-refractivity contribution >= 4 is 21.8 Å². The number of aryl methyl sites for hydroxylation is 1. The lowest BCUT2D eigenvalue weighted by atomic mass is 9.95. The number of amides is 2. The van der Waals surface area contributed by atoms with E-state index in [0.29, 0.717) is 12.2 Å². The van der Waals surface area contributed by atoms with E-state index in [4.69, 9.17) is 4.42 Å². The molecule has 1 N–H and O–H groups in total. The lowest BCUT2D eigenvalue weighted by molar-refractivity contribution is -0.152. The Kier molecular flexibility index (Phi) is 6.33. The number of hydrogen-bond donors (Lipinski definition) is 1. The minimum Gasteiger partial charge on any atom is -0.469 e. The number of nitrogens with one attached hydrogen (secondary N) is 1. The normalized spacial score (nSPS) is 20.4. The first kappa shape index (κ1) is 22.0. The van der Waals surface area contributed by atoms with E-state index < -0.39 is 27.4 Å². The SMILES string of the molecule is Cc1ccc(CNC(=O)[C@@]2(C)CN(S(C)(=O)=O)CC(=O)N2CCc2ccco2)cc1. The Morgan fingerprint density at radius 2 is 1.93 bits per heavy atom. The van der Waals surface area contributed by atoms with Gasteiger partial charge in [-0.05, 0) is 31.5 Å². The van der Waals surface area contributed by atoms with Crippen molar-refractivity contribution in [3.05, 3.63) is 59.5 Å². The Hall–Kier alpha value is -2.65. The van der Waals surface area contributed by atoms with E-state index >= 15 is 0 Å². The van der Waals surface area contributed by atoms with Crippen molar-refractivity contribution in [3.63, 3.8) is 0 Å². The summed E-state index contributed by atoms with van der Waals surface area (Å²) in [6.07, 6.45) is 3.02. The van der Waals surface area contributed by atoms with Gasteiger partial charge in [-0.25, -0.2) is 8.42 Å². The number of furan rings is 1. The first-order valence-electron chi connectivity index (χ1n) is 9.71. The second-order valence-corrected chi connectivity index (χ2v) is 9.83. The van der Waals surface area contributed by atoms with Gasteiger partial charge in [0.2, 0.25) is 21.8 Å². The van der Waals surface area contributed by atoms with E-state index in [1.807, 2.05) is 31.2 Å². The molecule has 162 valence electrons. The number of carbonyl (C=O) groups is 2. The molecule has 1 aromatic heterocycles. The van der Waals surface area contributed by atoms with E-state index in [1.54, 1.807) is 25.3 Å². The number of hydrogen-bond acceptors (Lipinski definition) is 5. The van der Waals surface area contributed by atoms with Crippen LogP contribution in [0.15, 0.2) is 47.1 Å². The van der Waals surface area contributed by atoms with Crippen LogP contribution in [0.2, 0.25) is 0 Å². The lowest BCUT2D eigenvalue weighted by Gasteiger charge is -2.46. The van der Waals surface area contributed by atoms with Crippen LogP contribution in [0.25, 0.3) is 0 Å². The van der Waals surface area contributed by atoms with Gasteiger partial charge in [0.1, 0.15) is 11.3 Å². The van der Waals surface area contributed by atoms with Crippen LogP contribution in [0.1, 0.15) is 23.8 Å². The first-order chi connectivity index (χ1) is 14.1. The summed E-state index contributed by atoms with van der Waals surface area (Å²) in [6.45, 7) is 3.74. The standard InChI is InChI=1S/C21H27N3O5S/c1-16-6-8-17(9-7-16)13-22-20(26)21(2)15-23(30(3,27)28)14-19(25)24(21)11-10-18-5-4-12-29-18/h4-9,12H,10-11,13-15H2,1-3H3,(H,22,26)/t21-/m1/s1. The number of rotatable bonds is 7. The van der Waals surface area contributed by atoms with Crippen LogP contribution in [-0.2, 0) is 32.6 Å². The van der Waals surface area contributed by atoms with E-state index in [-0.39, 0.29) is 26.2 Å². The highest BCUT2D eigenvalue weighted by Crippen LogP contribution is 2.25. The molecule has 2 aromatic rings. The van der Waals surface area contributed by atoms with Gasteiger partial charge in [0, 0.05) is 26.1 Å². The van der Waals surface area contributed by atoms with Crippen LogP contribution in [0.5, 0.6) is 0 Å². The highest BCUT2D eigenvalue weighted by Gasteiger charge is 2.49. The van der Waals surface area contributed by atoms with Gasteiger partial charge < -0.3 is 14.6 Å². The van der Waals surface area contributed by atoms with Crippen molar-refractivity contribution in [1.82, 2.24) is 14.5 Å². The van der Waals surface area contributed by atoms with Crippen molar-refractivity contribution < 1.29 is 22.4 Å². The van der Waals surface area contributed by atoms with Gasteiger partial charge in [-0.2, -0.15) is 4.31 Å². The van der Waals surface area contributed by atoms with Crippen LogP contribution >= 0.6 is 0 Å². The molecule has 0 aliphatic carbocycles. The van der Waals surface area contributed by atoms with E-state index in [9.17, 15) is 18.0 Å². The molecule has 1 aliphatic heterocycles.